The van der Waals surface area contributed by atoms with E-state index in [4.69, 9.17) is 0 Å². The van der Waals surface area contributed by atoms with Crippen LogP contribution in [0.3, 0.4) is 0 Å². The molecule has 4 nitrogen and oxygen atoms in total. The van der Waals surface area contributed by atoms with E-state index >= 15 is 0 Å². The van der Waals surface area contributed by atoms with Gasteiger partial charge >= 0.3 is 6.55 Å². The molecule has 0 atom stereocenters. The molecule has 6 heteroatoms. The number of ether oxygens (including phenoxy) is 1. The molecule has 0 aromatic carbocycles. The van der Waals surface area contributed by atoms with Gasteiger partial charge in [-0.3, -0.25) is 4.79 Å². The number of nitrogens with zero attached hydrogens (tertiary/aromatic N) is 2. The van der Waals surface area contributed by atoms with Gasteiger partial charge < -0.3 is 4.74 Å². The lowest BCUT2D eigenvalue weighted by Crippen LogP contribution is -2.22. The highest BCUT2D eigenvalue weighted by molar-refractivity contribution is 5.11. The summed E-state index contributed by atoms with van der Waals surface area (Å²) in [5.41, 5.74) is -0.916. The summed E-state index contributed by atoms with van der Waals surface area (Å²) in [6.45, 7) is -2.94. The molecule has 0 amide bonds. The molecule has 0 aliphatic carbocycles. The molecular weight excluding hydrogens is 170 g/mol. The second-order valence-electron chi connectivity index (χ2n) is 1.88. The molecule has 0 bridgehead atoms. The first-order valence-electron chi connectivity index (χ1n) is 2.99. The van der Waals surface area contributed by atoms with Crippen LogP contribution >= 0.6 is 0 Å². The van der Waals surface area contributed by atoms with Crippen LogP contribution in [0.1, 0.15) is 6.55 Å². The fourth-order valence-corrected chi connectivity index (χ4v) is 0.607. The SMILES string of the molecule is COc1[c]nn(C(F)F)c(=O)c1. The van der Waals surface area contributed by atoms with Crippen molar-refractivity contribution in [3.63, 3.8) is 0 Å². The standard InChI is InChI=1S/C6H5F2N2O2/c1-12-4-2-5(11)10(6(7)8)9-3-4/h2,6H,1H3. The van der Waals surface area contributed by atoms with E-state index in [9.17, 15) is 13.6 Å². The number of hydrogen-bond donors (Lipinski definition) is 0. The van der Waals surface area contributed by atoms with Crippen LogP contribution in [-0.4, -0.2) is 16.9 Å². The van der Waals surface area contributed by atoms with Crippen molar-refractivity contribution in [2.24, 2.45) is 0 Å². The van der Waals surface area contributed by atoms with Crippen molar-refractivity contribution in [1.82, 2.24) is 9.78 Å². The number of aromatic nitrogens is 2. The first-order chi connectivity index (χ1) is 5.65. The Labute approximate surface area is 66.4 Å². The molecule has 0 aliphatic heterocycles. The minimum absolute atomic E-state index is 0.0164. The fraction of sp³-hybridized carbons (Fsp3) is 0.333. The summed E-state index contributed by atoms with van der Waals surface area (Å²) in [5.74, 6) is 0.0388. The van der Waals surface area contributed by atoms with Gasteiger partial charge in [-0.25, -0.2) is 0 Å². The van der Waals surface area contributed by atoms with Crippen LogP contribution in [0, 0.1) is 6.20 Å². The largest absolute Gasteiger partial charge is 0.494 e. The second kappa shape index (κ2) is 3.29. The quantitative estimate of drug-likeness (QED) is 0.655. The lowest BCUT2D eigenvalue weighted by molar-refractivity contribution is 0.0505. The number of hydrogen-bond acceptors (Lipinski definition) is 3. The van der Waals surface area contributed by atoms with Gasteiger partial charge in [0.25, 0.3) is 5.56 Å². The molecule has 0 aliphatic rings. The van der Waals surface area contributed by atoms with Crippen molar-refractivity contribution in [3.8, 4) is 5.75 Å². The maximum Gasteiger partial charge on any atom is 0.336 e. The number of rotatable bonds is 2. The lowest BCUT2D eigenvalue weighted by atomic mass is 10.5. The predicted octanol–water partition coefficient (Wildman–Crippen LogP) is 0.447. The summed E-state index contributed by atoms with van der Waals surface area (Å²) in [5, 5.41) is 3.05. The summed E-state index contributed by atoms with van der Waals surface area (Å²) >= 11 is 0. The first kappa shape index (κ1) is 8.63. The average molecular weight is 175 g/mol. The molecular formula is C6H5F2N2O2. The van der Waals surface area contributed by atoms with E-state index in [2.05, 4.69) is 16.0 Å². The highest BCUT2D eigenvalue weighted by atomic mass is 19.3. The molecule has 0 spiro atoms. The molecule has 0 unspecified atom stereocenters. The van der Waals surface area contributed by atoms with Gasteiger partial charge in [0.15, 0.2) is 11.9 Å². The summed E-state index contributed by atoms with van der Waals surface area (Å²) in [6, 6.07) is 0.888. The van der Waals surface area contributed by atoms with E-state index in [0.717, 1.165) is 6.07 Å². The third-order valence-electron chi connectivity index (χ3n) is 1.15. The van der Waals surface area contributed by atoms with Crippen molar-refractivity contribution in [1.29, 1.82) is 0 Å². The Hall–Kier alpha value is -1.46. The third-order valence-corrected chi connectivity index (χ3v) is 1.15. The van der Waals surface area contributed by atoms with Crippen molar-refractivity contribution in [3.05, 3.63) is 22.6 Å². The minimum Gasteiger partial charge on any atom is -0.494 e. The normalized spacial score (nSPS) is 10.3. The van der Waals surface area contributed by atoms with E-state index in [1.165, 1.54) is 7.11 Å². The van der Waals surface area contributed by atoms with Crippen LogP contribution in [-0.2, 0) is 0 Å². The van der Waals surface area contributed by atoms with Gasteiger partial charge in [-0.05, 0) is 0 Å². The van der Waals surface area contributed by atoms with Gasteiger partial charge in [0, 0.05) is 6.07 Å². The number of alkyl halides is 2. The number of methoxy groups -OCH3 is 1. The third kappa shape index (κ3) is 1.58. The Bertz CT molecular complexity index is 324. The van der Waals surface area contributed by atoms with Crippen LogP contribution in [0.5, 0.6) is 5.75 Å². The average Bonchev–Trinajstić information content (AvgIpc) is 2.03. The minimum atomic E-state index is -2.94. The fourth-order valence-electron chi connectivity index (χ4n) is 0.607. The maximum atomic E-state index is 11.9. The van der Waals surface area contributed by atoms with Gasteiger partial charge in [0.2, 0.25) is 0 Å². The Morgan fingerprint density at radius 1 is 1.75 bits per heavy atom. The van der Waals surface area contributed by atoms with E-state index < -0.39 is 12.1 Å². The topological polar surface area (TPSA) is 44.1 Å². The molecule has 1 aromatic rings. The van der Waals surface area contributed by atoms with Gasteiger partial charge in [-0.2, -0.15) is 18.6 Å². The molecule has 1 aromatic heterocycles. The Morgan fingerprint density at radius 2 is 2.42 bits per heavy atom. The summed E-state index contributed by atoms with van der Waals surface area (Å²) in [7, 11) is 1.29. The van der Waals surface area contributed by atoms with E-state index in [1.807, 2.05) is 0 Å². The Morgan fingerprint density at radius 3 is 2.83 bits per heavy atom. The highest BCUT2D eigenvalue weighted by Gasteiger charge is 2.09. The van der Waals surface area contributed by atoms with Crippen molar-refractivity contribution >= 4 is 0 Å². The molecule has 0 fully saturated rings. The zero-order chi connectivity index (χ0) is 9.14. The van der Waals surface area contributed by atoms with Crippen LogP contribution in [0.2, 0.25) is 0 Å². The smallest absolute Gasteiger partial charge is 0.336 e. The van der Waals surface area contributed by atoms with Gasteiger partial charge in [0.1, 0.15) is 0 Å². The molecule has 0 saturated carbocycles. The monoisotopic (exact) mass is 175 g/mol. The highest BCUT2D eigenvalue weighted by Crippen LogP contribution is 2.06. The summed E-state index contributed by atoms with van der Waals surface area (Å²) in [6.07, 6.45) is 2.12. The molecule has 1 heterocycles. The van der Waals surface area contributed by atoms with Gasteiger partial charge in [0.05, 0.1) is 7.11 Å². The molecule has 0 saturated heterocycles. The summed E-state index contributed by atoms with van der Waals surface area (Å²) in [4.78, 5) is 10.8. The Kier molecular flexibility index (Phi) is 2.37. The van der Waals surface area contributed by atoms with Gasteiger partial charge in [-0.1, -0.05) is 0 Å². The van der Waals surface area contributed by atoms with Crippen molar-refractivity contribution in [2.75, 3.05) is 7.11 Å². The zero-order valence-electron chi connectivity index (χ0n) is 6.12. The van der Waals surface area contributed by atoms with E-state index in [1.54, 1.807) is 0 Å². The lowest BCUT2D eigenvalue weighted by Gasteiger charge is -2.01. The van der Waals surface area contributed by atoms with Gasteiger partial charge in [-0.15, -0.1) is 0 Å². The molecule has 65 valence electrons. The van der Waals surface area contributed by atoms with E-state index in [-0.39, 0.29) is 10.4 Å². The Balaban J connectivity index is 3.12. The van der Waals surface area contributed by atoms with Crippen LogP contribution in [0.25, 0.3) is 0 Å². The molecule has 12 heavy (non-hydrogen) atoms. The maximum absolute atomic E-state index is 11.9. The molecule has 0 N–H and O–H groups in total. The van der Waals surface area contributed by atoms with Crippen LogP contribution in [0.15, 0.2) is 10.9 Å². The zero-order valence-corrected chi connectivity index (χ0v) is 6.12. The van der Waals surface area contributed by atoms with Crippen molar-refractivity contribution in [2.45, 2.75) is 6.55 Å². The predicted molar refractivity (Wildman–Crippen MR) is 35.1 cm³/mol. The van der Waals surface area contributed by atoms with Crippen LogP contribution < -0.4 is 10.3 Å². The molecule has 1 radical (unpaired) electrons. The van der Waals surface area contributed by atoms with E-state index in [0.29, 0.717) is 0 Å². The number of halogens is 2. The molecule has 1 rings (SSSR count). The van der Waals surface area contributed by atoms with Crippen molar-refractivity contribution < 1.29 is 13.5 Å². The summed E-state index contributed by atoms with van der Waals surface area (Å²) < 4.78 is 28.4. The second-order valence-corrected chi connectivity index (χ2v) is 1.88. The first-order valence-corrected chi connectivity index (χ1v) is 2.99. The van der Waals surface area contributed by atoms with Crippen LogP contribution in [0.4, 0.5) is 8.78 Å².